The van der Waals surface area contributed by atoms with Crippen molar-refractivity contribution in [1.29, 1.82) is 0 Å². The monoisotopic (exact) mass is 372 g/mol. The second-order valence-electron chi connectivity index (χ2n) is 6.89. The van der Waals surface area contributed by atoms with E-state index in [2.05, 4.69) is 5.32 Å². The summed E-state index contributed by atoms with van der Waals surface area (Å²) in [7, 11) is 3.05. The van der Waals surface area contributed by atoms with E-state index < -0.39 is 11.9 Å². The smallest absolute Gasteiger partial charge is 0.247 e. The first-order chi connectivity index (χ1) is 12.9. The summed E-state index contributed by atoms with van der Waals surface area (Å²) in [5, 5.41) is 2.80. The molecule has 3 amide bonds. The molecule has 1 aromatic carbocycles. The van der Waals surface area contributed by atoms with Gasteiger partial charge < -0.3 is 14.8 Å². The van der Waals surface area contributed by atoms with Crippen LogP contribution in [0.2, 0.25) is 0 Å². The van der Waals surface area contributed by atoms with Gasteiger partial charge in [-0.1, -0.05) is 12.2 Å². The largest absolute Gasteiger partial charge is 0.493 e. The van der Waals surface area contributed by atoms with Crippen LogP contribution in [0.25, 0.3) is 0 Å². The molecule has 3 atom stereocenters. The van der Waals surface area contributed by atoms with E-state index >= 15 is 0 Å². The number of methoxy groups -OCH3 is 2. The molecule has 144 valence electrons. The van der Waals surface area contributed by atoms with Crippen LogP contribution in [-0.2, 0) is 14.4 Å². The van der Waals surface area contributed by atoms with E-state index in [-0.39, 0.29) is 23.7 Å². The third kappa shape index (κ3) is 3.29. The molecule has 0 spiro atoms. The normalized spacial score (nSPS) is 22.4. The van der Waals surface area contributed by atoms with Crippen molar-refractivity contribution in [2.45, 2.75) is 32.7 Å². The van der Waals surface area contributed by atoms with E-state index in [1.807, 2.05) is 19.1 Å². The quantitative estimate of drug-likeness (QED) is 0.633. The molecule has 1 aromatic rings. The van der Waals surface area contributed by atoms with Crippen LogP contribution in [0.4, 0.5) is 5.69 Å². The zero-order valence-electron chi connectivity index (χ0n) is 15.9. The van der Waals surface area contributed by atoms with Gasteiger partial charge in [-0.3, -0.25) is 19.3 Å². The molecule has 7 nitrogen and oxygen atoms in total. The summed E-state index contributed by atoms with van der Waals surface area (Å²) in [5.41, 5.74) is 1.33. The number of imide groups is 1. The van der Waals surface area contributed by atoms with Gasteiger partial charge in [-0.05, 0) is 38.3 Å². The van der Waals surface area contributed by atoms with Gasteiger partial charge in [0.05, 0.1) is 26.1 Å². The number of hydrogen-bond acceptors (Lipinski definition) is 5. The highest BCUT2D eigenvalue weighted by atomic mass is 16.5. The van der Waals surface area contributed by atoms with Gasteiger partial charge in [0.1, 0.15) is 6.04 Å². The van der Waals surface area contributed by atoms with Crippen LogP contribution >= 0.6 is 0 Å². The molecule has 27 heavy (non-hydrogen) atoms. The molecular formula is C20H24N2O5. The van der Waals surface area contributed by atoms with Gasteiger partial charge in [0, 0.05) is 11.8 Å². The number of aryl methyl sites for hydroxylation is 1. The van der Waals surface area contributed by atoms with Gasteiger partial charge in [0.25, 0.3) is 0 Å². The molecule has 1 fully saturated rings. The Labute approximate surface area is 158 Å². The van der Waals surface area contributed by atoms with E-state index in [4.69, 9.17) is 9.47 Å². The first-order valence-electron chi connectivity index (χ1n) is 8.94. The number of carbonyl (C=O) groups is 3. The summed E-state index contributed by atoms with van der Waals surface area (Å²) in [6.07, 6.45) is 4.95. The Morgan fingerprint density at radius 2 is 1.59 bits per heavy atom. The van der Waals surface area contributed by atoms with E-state index in [0.29, 0.717) is 30.0 Å². The summed E-state index contributed by atoms with van der Waals surface area (Å²) in [6.45, 7) is 3.40. The number of fused-ring (bicyclic) bond motifs is 1. The molecule has 1 N–H and O–H groups in total. The van der Waals surface area contributed by atoms with E-state index in [1.54, 1.807) is 19.1 Å². The van der Waals surface area contributed by atoms with Crippen molar-refractivity contribution in [3.05, 3.63) is 29.8 Å². The topological polar surface area (TPSA) is 84.9 Å². The fourth-order valence-electron chi connectivity index (χ4n) is 3.68. The number of hydrogen-bond donors (Lipinski definition) is 1. The Morgan fingerprint density at radius 3 is 2.11 bits per heavy atom. The zero-order valence-corrected chi connectivity index (χ0v) is 15.9. The Kier molecular flexibility index (Phi) is 5.21. The summed E-state index contributed by atoms with van der Waals surface area (Å²) in [6, 6.07) is 2.53. The SMILES string of the molecule is COc1cc(C)c(NC(=O)[C@H](C)N2C(=O)[C@H]3CC=CC[C@@H]3C2=O)cc1OC. The van der Waals surface area contributed by atoms with Crippen molar-refractivity contribution in [1.82, 2.24) is 4.90 Å². The molecule has 2 aliphatic rings. The molecule has 7 heteroatoms. The minimum atomic E-state index is -0.886. The number of likely N-dealkylation sites (tertiary alicyclic amines) is 1. The highest BCUT2D eigenvalue weighted by Crippen LogP contribution is 2.37. The molecule has 0 unspecified atom stereocenters. The number of anilines is 1. The van der Waals surface area contributed by atoms with Gasteiger partial charge >= 0.3 is 0 Å². The third-order valence-electron chi connectivity index (χ3n) is 5.30. The molecule has 0 bridgehead atoms. The molecule has 0 radical (unpaired) electrons. The van der Waals surface area contributed by atoms with Crippen LogP contribution in [0.5, 0.6) is 11.5 Å². The first-order valence-corrected chi connectivity index (χ1v) is 8.94. The number of rotatable bonds is 5. The van der Waals surface area contributed by atoms with Gasteiger partial charge in [0.15, 0.2) is 11.5 Å². The minimum absolute atomic E-state index is 0.263. The number of allylic oxidation sites excluding steroid dienone is 2. The van der Waals surface area contributed by atoms with E-state index in [1.165, 1.54) is 14.2 Å². The summed E-state index contributed by atoms with van der Waals surface area (Å²) in [4.78, 5) is 39.2. The predicted molar refractivity (Wildman–Crippen MR) is 99.6 cm³/mol. The Morgan fingerprint density at radius 1 is 1.07 bits per heavy atom. The third-order valence-corrected chi connectivity index (χ3v) is 5.30. The van der Waals surface area contributed by atoms with Crippen molar-refractivity contribution in [2.75, 3.05) is 19.5 Å². The van der Waals surface area contributed by atoms with E-state index in [9.17, 15) is 14.4 Å². The van der Waals surface area contributed by atoms with Crippen LogP contribution in [-0.4, -0.2) is 42.9 Å². The summed E-state index contributed by atoms with van der Waals surface area (Å²) >= 11 is 0. The number of nitrogens with one attached hydrogen (secondary N) is 1. The standard InChI is InChI=1S/C20H24N2O5/c1-11-9-16(26-3)17(27-4)10-15(11)21-18(23)12(2)22-19(24)13-7-5-6-8-14(13)20(22)25/h5-6,9-10,12-14H,7-8H2,1-4H3,(H,21,23)/t12-,13-,14-/m0/s1. The summed E-state index contributed by atoms with van der Waals surface area (Å²) < 4.78 is 10.5. The fourth-order valence-corrected chi connectivity index (χ4v) is 3.68. The molecule has 0 aromatic heterocycles. The number of nitrogens with zero attached hydrogens (tertiary/aromatic N) is 1. The Balaban J connectivity index is 1.79. The van der Waals surface area contributed by atoms with Crippen molar-refractivity contribution >= 4 is 23.4 Å². The number of ether oxygens (including phenoxy) is 2. The Bertz CT molecular complexity index is 791. The lowest BCUT2D eigenvalue weighted by molar-refractivity contribution is -0.146. The van der Waals surface area contributed by atoms with Crippen LogP contribution in [0, 0.1) is 18.8 Å². The van der Waals surface area contributed by atoms with Crippen molar-refractivity contribution in [3.8, 4) is 11.5 Å². The first kappa shape index (κ1) is 18.9. The van der Waals surface area contributed by atoms with Crippen LogP contribution in [0.3, 0.4) is 0 Å². The molecule has 1 heterocycles. The summed E-state index contributed by atoms with van der Waals surface area (Å²) in [5.74, 6) is -0.596. The molecule has 1 aliphatic carbocycles. The van der Waals surface area contributed by atoms with E-state index in [0.717, 1.165) is 10.5 Å². The highest BCUT2D eigenvalue weighted by Gasteiger charge is 2.50. The maximum atomic E-state index is 12.8. The zero-order chi connectivity index (χ0) is 19.7. The predicted octanol–water partition coefficient (Wildman–Crippen LogP) is 2.29. The lowest BCUT2D eigenvalue weighted by Crippen LogP contribution is -2.46. The van der Waals surface area contributed by atoms with Gasteiger partial charge in [-0.15, -0.1) is 0 Å². The average molecular weight is 372 g/mol. The van der Waals surface area contributed by atoms with Crippen LogP contribution in [0.1, 0.15) is 25.3 Å². The number of benzene rings is 1. The maximum absolute atomic E-state index is 12.8. The van der Waals surface area contributed by atoms with Gasteiger partial charge in [-0.2, -0.15) is 0 Å². The number of amides is 3. The van der Waals surface area contributed by atoms with Crippen LogP contribution in [0.15, 0.2) is 24.3 Å². The second-order valence-corrected chi connectivity index (χ2v) is 6.89. The van der Waals surface area contributed by atoms with Crippen molar-refractivity contribution < 1.29 is 23.9 Å². The lowest BCUT2D eigenvalue weighted by atomic mass is 9.85. The molecule has 0 saturated carbocycles. The van der Waals surface area contributed by atoms with Gasteiger partial charge in [0.2, 0.25) is 17.7 Å². The molecule has 1 aliphatic heterocycles. The van der Waals surface area contributed by atoms with Gasteiger partial charge in [-0.25, -0.2) is 0 Å². The fraction of sp³-hybridized carbons (Fsp3) is 0.450. The molecule has 3 rings (SSSR count). The Hall–Kier alpha value is -2.83. The lowest BCUT2D eigenvalue weighted by Gasteiger charge is -2.23. The average Bonchev–Trinajstić information content (AvgIpc) is 2.93. The molecular weight excluding hydrogens is 348 g/mol. The maximum Gasteiger partial charge on any atom is 0.247 e. The van der Waals surface area contributed by atoms with Crippen LogP contribution < -0.4 is 14.8 Å². The van der Waals surface area contributed by atoms with Crippen molar-refractivity contribution in [2.24, 2.45) is 11.8 Å². The van der Waals surface area contributed by atoms with Crippen molar-refractivity contribution in [3.63, 3.8) is 0 Å². The highest BCUT2D eigenvalue weighted by molar-refractivity contribution is 6.10. The number of carbonyl (C=O) groups excluding carboxylic acids is 3. The second kappa shape index (κ2) is 7.42. The minimum Gasteiger partial charge on any atom is -0.493 e. The molecule has 1 saturated heterocycles.